The van der Waals surface area contributed by atoms with Gasteiger partial charge in [0.05, 0.1) is 102 Å². The van der Waals surface area contributed by atoms with Crippen molar-refractivity contribution in [2.24, 2.45) is 23.7 Å². The maximum Gasteiger partial charge on any atom is 0.321 e. The largest absolute Gasteiger partial charge is 0.481 e. The number of likely N-dealkylation sites (N-methyl/N-ethyl adjacent to an activating group) is 1. The van der Waals surface area contributed by atoms with E-state index in [0.29, 0.717) is 0 Å². The summed E-state index contributed by atoms with van der Waals surface area (Å²) in [4.78, 5) is 48.8. The maximum absolute atomic E-state index is 13.1. The molecule has 21 aliphatic rings. The SMILES string of the molecule is CN[C@H](CSCC1O[C@@H]2O[C@H]3CC(O)[C@H](OC3CO)O[C@@H]3C(CO)O[C@H](O[C@@H]4C(CO)O[C@H](O[C@@H]5C(CSC[C@@H](CC(=O)CCOCCOCCC(C)=O)C(=O)O)C[C@H](C[C@@H]6C(CO)O[C@H](O[C@@H]7C(CO)O[C@H](O[C@H]1[C@H](O)C2O)C(O)[C@H]7O)C(O)[C@H]6O)C(O)[C@H]5O)C(O)[C@H]4O)C(O)[C@H]3O)C(=O)O. The quantitative estimate of drug-likeness (QED) is 0.0340. The highest BCUT2D eigenvalue weighted by Crippen LogP contribution is 2.44. The molecule has 20 saturated heterocycles. The number of ether oxygens (including phenoxy) is 14. The van der Waals surface area contributed by atoms with Gasteiger partial charge in [0.1, 0.15) is 134 Å². The van der Waals surface area contributed by atoms with E-state index in [2.05, 4.69) is 5.32 Å². The number of carbonyl (C=O) groups excluding carboxylic acids is 2. The van der Waals surface area contributed by atoms with Gasteiger partial charge in [-0.05, 0) is 44.4 Å². The summed E-state index contributed by atoms with van der Waals surface area (Å²) in [5, 5.41) is 229. The summed E-state index contributed by atoms with van der Waals surface area (Å²) in [5.41, 5.74) is 0. The number of hydrogen-bond donors (Lipinski definition) is 21. The van der Waals surface area contributed by atoms with Crippen molar-refractivity contribution in [3.63, 3.8) is 0 Å². The minimum atomic E-state index is -2.20. The fraction of sp³-hybridized carbons (Fsp3) is 0.934. The van der Waals surface area contributed by atoms with E-state index in [-0.39, 0.29) is 80.9 Å². The predicted octanol–water partition coefficient (Wildman–Crippen LogP) is -10.5. The van der Waals surface area contributed by atoms with Crippen LogP contribution in [-0.4, -0.2) is 412 Å². The Balaban J connectivity index is 1.07. The van der Waals surface area contributed by atoms with E-state index < -0.39 is 284 Å². The Bertz CT molecular complexity index is 2580. The van der Waals surface area contributed by atoms with Crippen LogP contribution in [0.5, 0.6) is 0 Å². The molecule has 590 valence electrons. The molecule has 0 aromatic heterocycles. The van der Waals surface area contributed by atoms with Gasteiger partial charge in [-0.2, -0.15) is 23.5 Å². The average molecular weight is 1520 g/mol. The number of carboxylic acids is 2. The fourth-order valence-corrected chi connectivity index (χ4v) is 16.2. The normalized spacial score (nSPS) is 44.5. The molecular weight excluding hydrogens is 1420 g/mol. The van der Waals surface area contributed by atoms with Gasteiger partial charge in [-0.15, -0.1) is 0 Å². The van der Waals surface area contributed by atoms with Crippen LogP contribution in [0, 0.1) is 23.7 Å². The lowest BCUT2D eigenvalue weighted by Gasteiger charge is -2.50. The Hall–Kier alpha value is -2.34. The smallest absolute Gasteiger partial charge is 0.321 e. The number of nitrogens with one attached hydrogen (secondary N) is 1. The molecule has 39 nitrogen and oxygen atoms in total. The first-order chi connectivity index (χ1) is 48.6. The van der Waals surface area contributed by atoms with Crippen LogP contribution in [0.4, 0.5) is 0 Å². The topological polar surface area (TPSA) is 614 Å². The van der Waals surface area contributed by atoms with E-state index in [1.807, 2.05) is 0 Å². The number of thioether (sulfide) groups is 2. The average Bonchev–Trinajstić information content (AvgIpc) is 0.780. The number of rotatable bonds is 27. The highest BCUT2D eigenvalue weighted by Gasteiger charge is 2.59. The third-order valence-electron chi connectivity index (χ3n) is 19.6. The molecule has 102 heavy (non-hydrogen) atoms. The minimum absolute atomic E-state index is 0.0614. The summed E-state index contributed by atoms with van der Waals surface area (Å²) in [6.07, 6.45) is -60.3. The van der Waals surface area contributed by atoms with E-state index in [1.165, 1.54) is 14.0 Å². The molecule has 41 heteroatoms. The van der Waals surface area contributed by atoms with Gasteiger partial charge in [-0.3, -0.25) is 19.2 Å². The van der Waals surface area contributed by atoms with E-state index in [4.69, 9.17) is 66.3 Å². The third-order valence-corrected chi connectivity index (χ3v) is 22.0. The maximum atomic E-state index is 13.1. The second kappa shape index (κ2) is 39.9. The van der Waals surface area contributed by atoms with Gasteiger partial charge in [0, 0.05) is 48.9 Å². The molecule has 0 amide bonds. The van der Waals surface area contributed by atoms with Gasteiger partial charge >= 0.3 is 11.9 Å². The number of Topliss-reactive ketones (excluding diaryl/α,β-unsaturated/α-hetero) is 2. The lowest BCUT2D eigenvalue weighted by atomic mass is 9.70. The molecule has 36 atom stereocenters. The number of hydrogen-bond acceptors (Lipinski definition) is 39. The van der Waals surface area contributed by atoms with Crippen molar-refractivity contribution in [2.75, 3.05) is 89.5 Å². The molecule has 0 aromatic rings. The molecular formula is C61H101NO38S2. The molecule has 1 aliphatic carbocycles. The molecule has 21 N–H and O–H groups in total. The minimum Gasteiger partial charge on any atom is -0.481 e. The van der Waals surface area contributed by atoms with Crippen molar-refractivity contribution in [2.45, 2.75) is 242 Å². The van der Waals surface area contributed by atoms with Crippen LogP contribution in [0.3, 0.4) is 0 Å². The van der Waals surface area contributed by atoms with Gasteiger partial charge in [0.2, 0.25) is 0 Å². The summed E-state index contributed by atoms with van der Waals surface area (Å²) in [6.45, 7) is -3.17. The number of aliphatic carboxylic acids is 2. The number of carboxylic acid groups (broad SMARTS) is 2. The Morgan fingerprint density at radius 3 is 1.30 bits per heavy atom. The Morgan fingerprint density at radius 2 is 0.833 bits per heavy atom. The molecule has 0 radical (unpaired) electrons. The fourth-order valence-electron chi connectivity index (χ4n) is 13.7. The Morgan fingerprint density at radius 1 is 0.422 bits per heavy atom. The lowest BCUT2D eigenvalue weighted by Crippen LogP contribution is -2.67. The van der Waals surface area contributed by atoms with Gasteiger partial charge in [-0.25, -0.2) is 0 Å². The first kappa shape index (κ1) is 85.3. The zero-order valence-electron chi connectivity index (χ0n) is 55.8. The van der Waals surface area contributed by atoms with Crippen LogP contribution >= 0.6 is 23.5 Å². The first-order valence-electron chi connectivity index (χ1n) is 33.8. The molecule has 20 heterocycles. The van der Waals surface area contributed by atoms with Crippen molar-refractivity contribution < 1.29 is 188 Å². The highest BCUT2D eigenvalue weighted by atomic mass is 32.2. The molecule has 0 spiro atoms. The third kappa shape index (κ3) is 21.0. The monoisotopic (exact) mass is 1520 g/mol. The summed E-state index contributed by atoms with van der Waals surface area (Å²) in [6, 6.07) is -1.13. The van der Waals surface area contributed by atoms with Crippen LogP contribution in [0.1, 0.15) is 45.4 Å². The van der Waals surface area contributed by atoms with Crippen LogP contribution in [0.2, 0.25) is 0 Å². The van der Waals surface area contributed by atoms with E-state index in [0.717, 1.165) is 23.5 Å². The van der Waals surface area contributed by atoms with Crippen LogP contribution in [0.25, 0.3) is 0 Å². The number of aliphatic hydroxyl groups excluding tert-OH is 18. The highest BCUT2D eigenvalue weighted by molar-refractivity contribution is 7.99. The second-order valence-electron chi connectivity index (χ2n) is 26.7. The molecule has 21 fully saturated rings. The summed E-state index contributed by atoms with van der Waals surface area (Å²) >= 11 is 1.92. The Labute approximate surface area is 593 Å². The molecule has 0 aromatic carbocycles. The van der Waals surface area contributed by atoms with Crippen molar-refractivity contribution in [3.8, 4) is 0 Å². The summed E-state index contributed by atoms with van der Waals surface area (Å²) < 4.78 is 82.5. The van der Waals surface area contributed by atoms with E-state index >= 15 is 0 Å². The van der Waals surface area contributed by atoms with Gasteiger partial charge in [-0.1, -0.05) is 0 Å². The lowest BCUT2D eigenvalue weighted by molar-refractivity contribution is -0.387. The van der Waals surface area contributed by atoms with Gasteiger partial charge in [0.15, 0.2) is 37.7 Å². The van der Waals surface area contributed by atoms with Crippen molar-refractivity contribution in [1.29, 1.82) is 0 Å². The van der Waals surface area contributed by atoms with Crippen molar-refractivity contribution in [1.82, 2.24) is 5.32 Å². The molecule has 14 bridgehead atoms. The molecule has 20 aliphatic heterocycles. The first-order valence-corrected chi connectivity index (χ1v) is 36.1. The number of ketones is 2. The number of carbonyl (C=O) groups is 4. The van der Waals surface area contributed by atoms with Crippen molar-refractivity contribution >= 4 is 47.0 Å². The van der Waals surface area contributed by atoms with Gasteiger partial charge < -0.3 is 174 Å². The van der Waals surface area contributed by atoms with Crippen molar-refractivity contribution in [3.05, 3.63) is 0 Å². The predicted molar refractivity (Wildman–Crippen MR) is 336 cm³/mol. The van der Waals surface area contributed by atoms with Gasteiger partial charge in [0.25, 0.3) is 0 Å². The van der Waals surface area contributed by atoms with E-state index in [1.54, 1.807) is 0 Å². The standard InChI is InChI=1S/C61H101NO38S2/c1-22(68)3-5-87-7-8-88-6-4-26(69)10-25(54(83)84)19-101-18-24-9-23-11-27-31(13-63)90-58(44(78)38(27)72)98-51-35(17-67)94-61(48(82)42(51)76)100-53-36(21-102-20-28(62-2)55(85)86)95-57(45(79)43(53)77)89-30-12-29(70)56(91-32(30)14-64)97-50-33(15-65)93-60(47(81)40(50)74)99-52-34(16-66)92-59(46(80)41(52)75)96-49(24)39(73)37(23)71/h23-25,27-53,56-67,70-82H,3-21H2,1-2H3,(H,83,84)(H,85,86)/t23-,24?,25-,27-,28-,29?,30+,31?,32?,33?,34?,35?,36?,37?,38+,39-,40-,41-,42-,43-,44?,45?,46?,47?,48?,49-,50-,51-,52-,53-,56-,57+,58-,59-,60-,61-/m1/s1. The zero-order valence-corrected chi connectivity index (χ0v) is 57.5. The van der Waals surface area contributed by atoms with Crippen LogP contribution < -0.4 is 5.32 Å². The molecule has 1 saturated carbocycles. The second-order valence-corrected chi connectivity index (χ2v) is 28.8. The molecule has 21 rings (SSSR count). The summed E-state index contributed by atoms with van der Waals surface area (Å²) in [7, 11) is 1.38. The number of aliphatic hydroxyl groups is 18. The molecule has 14 unspecified atom stereocenters. The van der Waals surface area contributed by atoms with Crippen LogP contribution in [0.15, 0.2) is 0 Å². The zero-order chi connectivity index (χ0) is 74.5. The Kier molecular flexibility index (Phi) is 33.3. The summed E-state index contributed by atoms with van der Waals surface area (Å²) in [5.74, 6) is -8.73. The van der Waals surface area contributed by atoms with E-state index in [9.17, 15) is 121 Å². The van der Waals surface area contributed by atoms with Crippen LogP contribution in [-0.2, 0) is 85.5 Å².